The van der Waals surface area contributed by atoms with Crippen molar-refractivity contribution < 1.29 is 9.47 Å². The Labute approximate surface area is 80.6 Å². The van der Waals surface area contributed by atoms with Crippen LogP contribution in [-0.2, 0) is 9.47 Å². The predicted molar refractivity (Wildman–Crippen MR) is 52.1 cm³/mol. The van der Waals surface area contributed by atoms with Crippen LogP contribution in [0.4, 0.5) is 0 Å². The second-order valence-corrected chi connectivity index (χ2v) is 3.54. The van der Waals surface area contributed by atoms with Crippen LogP contribution in [0.15, 0.2) is 0 Å². The molecular weight excluding hydrogens is 164 g/mol. The molecule has 1 aliphatic carbocycles. The first-order valence-corrected chi connectivity index (χ1v) is 5.00. The van der Waals surface area contributed by atoms with E-state index in [9.17, 15) is 0 Å². The third-order valence-electron chi connectivity index (χ3n) is 1.70. The summed E-state index contributed by atoms with van der Waals surface area (Å²) in [6.07, 6.45) is 2.33. The van der Waals surface area contributed by atoms with Crippen LogP contribution in [0.5, 0.6) is 0 Å². The van der Waals surface area contributed by atoms with Crippen LogP contribution < -0.4 is 0 Å². The highest BCUT2D eigenvalue weighted by molar-refractivity contribution is 5.11. The minimum atomic E-state index is -0.328. The molecule has 1 aliphatic rings. The number of hydrogen-bond donors (Lipinski definition) is 0. The SMILES string of the molecule is CCO[C@H](C#CC1CC1)OC(C)C. The first kappa shape index (κ1) is 10.6. The summed E-state index contributed by atoms with van der Waals surface area (Å²) in [4.78, 5) is 0. The van der Waals surface area contributed by atoms with Crippen LogP contribution in [0, 0.1) is 17.8 Å². The van der Waals surface area contributed by atoms with Gasteiger partial charge in [-0.25, -0.2) is 0 Å². The number of ether oxygens (including phenoxy) is 2. The Hall–Kier alpha value is -0.520. The lowest BCUT2D eigenvalue weighted by Crippen LogP contribution is -2.19. The molecule has 2 heteroatoms. The Balaban J connectivity index is 2.32. The van der Waals surface area contributed by atoms with Crippen LogP contribution in [-0.4, -0.2) is 19.0 Å². The summed E-state index contributed by atoms with van der Waals surface area (Å²) in [5, 5.41) is 0. The topological polar surface area (TPSA) is 18.5 Å². The molecule has 1 rings (SSSR count). The van der Waals surface area contributed by atoms with E-state index in [0.29, 0.717) is 12.5 Å². The standard InChI is InChI=1S/C11H18O2/c1-4-12-11(13-9(2)3)8-7-10-5-6-10/h9-11H,4-6H2,1-3H3/t11-/m0/s1. The maximum absolute atomic E-state index is 5.47. The van der Waals surface area contributed by atoms with E-state index in [0.717, 1.165) is 0 Å². The van der Waals surface area contributed by atoms with Gasteiger partial charge in [-0.15, -0.1) is 0 Å². The molecule has 0 aromatic rings. The van der Waals surface area contributed by atoms with Crippen LogP contribution in [0.1, 0.15) is 33.6 Å². The van der Waals surface area contributed by atoms with Gasteiger partial charge in [-0.1, -0.05) is 5.92 Å². The van der Waals surface area contributed by atoms with Gasteiger partial charge >= 0.3 is 0 Å². The Morgan fingerprint density at radius 3 is 2.54 bits per heavy atom. The van der Waals surface area contributed by atoms with E-state index >= 15 is 0 Å². The van der Waals surface area contributed by atoms with Gasteiger partial charge < -0.3 is 9.47 Å². The lowest BCUT2D eigenvalue weighted by atomic mass is 10.4. The Kier molecular flexibility index (Phi) is 4.27. The van der Waals surface area contributed by atoms with E-state index in [1.165, 1.54) is 12.8 Å². The van der Waals surface area contributed by atoms with E-state index in [4.69, 9.17) is 9.47 Å². The molecule has 0 aromatic carbocycles. The van der Waals surface area contributed by atoms with E-state index in [-0.39, 0.29) is 12.4 Å². The second-order valence-electron chi connectivity index (χ2n) is 3.54. The highest BCUT2D eigenvalue weighted by Crippen LogP contribution is 2.27. The van der Waals surface area contributed by atoms with Gasteiger partial charge in [0.1, 0.15) is 0 Å². The van der Waals surface area contributed by atoms with Crippen molar-refractivity contribution in [1.82, 2.24) is 0 Å². The molecular formula is C11H18O2. The molecule has 0 saturated heterocycles. The smallest absolute Gasteiger partial charge is 0.222 e. The third kappa shape index (κ3) is 4.92. The van der Waals surface area contributed by atoms with Crippen molar-refractivity contribution in [2.24, 2.45) is 5.92 Å². The van der Waals surface area contributed by atoms with Gasteiger partial charge in [0.25, 0.3) is 0 Å². The largest absolute Gasteiger partial charge is 0.342 e. The molecule has 0 radical (unpaired) electrons. The van der Waals surface area contributed by atoms with Gasteiger partial charge in [-0.05, 0) is 39.5 Å². The molecule has 0 unspecified atom stereocenters. The van der Waals surface area contributed by atoms with Crippen molar-refractivity contribution in [3.8, 4) is 11.8 Å². The first-order chi connectivity index (χ1) is 6.22. The Morgan fingerprint density at radius 2 is 2.08 bits per heavy atom. The van der Waals surface area contributed by atoms with Crippen LogP contribution >= 0.6 is 0 Å². The summed E-state index contributed by atoms with van der Waals surface area (Å²) < 4.78 is 10.8. The maximum atomic E-state index is 5.47. The van der Waals surface area contributed by atoms with Crippen molar-refractivity contribution in [1.29, 1.82) is 0 Å². The molecule has 0 heterocycles. The maximum Gasteiger partial charge on any atom is 0.222 e. The summed E-state index contributed by atoms with van der Waals surface area (Å²) in [5.41, 5.74) is 0. The molecule has 0 N–H and O–H groups in total. The van der Waals surface area contributed by atoms with E-state index in [2.05, 4.69) is 11.8 Å². The van der Waals surface area contributed by atoms with E-state index in [1.54, 1.807) is 0 Å². The lowest BCUT2D eigenvalue weighted by molar-refractivity contribution is -0.124. The van der Waals surface area contributed by atoms with Crippen molar-refractivity contribution in [3.05, 3.63) is 0 Å². The molecule has 74 valence electrons. The van der Waals surface area contributed by atoms with Gasteiger partial charge in [-0.2, -0.15) is 0 Å². The predicted octanol–water partition coefficient (Wildman–Crippen LogP) is 2.19. The van der Waals surface area contributed by atoms with Crippen molar-refractivity contribution >= 4 is 0 Å². The molecule has 1 atom stereocenters. The molecule has 2 nitrogen and oxygen atoms in total. The van der Waals surface area contributed by atoms with E-state index < -0.39 is 0 Å². The molecule has 0 amide bonds. The normalized spacial score (nSPS) is 18.2. The summed E-state index contributed by atoms with van der Waals surface area (Å²) in [6, 6.07) is 0. The van der Waals surface area contributed by atoms with E-state index in [1.807, 2.05) is 20.8 Å². The molecule has 0 aromatic heterocycles. The molecule has 1 fully saturated rings. The zero-order valence-corrected chi connectivity index (χ0v) is 8.67. The summed E-state index contributed by atoms with van der Waals surface area (Å²) in [7, 11) is 0. The fraction of sp³-hybridized carbons (Fsp3) is 0.818. The van der Waals surface area contributed by atoms with Crippen molar-refractivity contribution in [2.75, 3.05) is 6.61 Å². The zero-order chi connectivity index (χ0) is 9.68. The fourth-order valence-electron chi connectivity index (χ4n) is 0.927. The molecule has 0 spiro atoms. The van der Waals surface area contributed by atoms with Gasteiger partial charge in [0.05, 0.1) is 6.10 Å². The highest BCUT2D eigenvalue weighted by atomic mass is 16.7. The highest BCUT2D eigenvalue weighted by Gasteiger charge is 2.18. The molecule has 13 heavy (non-hydrogen) atoms. The van der Waals surface area contributed by atoms with Gasteiger partial charge in [0.15, 0.2) is 0 Å². The van der Waals surface area contributed by atoms with Crippen LogP contribution in [0.2, 0.25) is 0 Å². The molecule has 0 aliphatic heterocycles. The molecule has 1 saturated carbocycles. The number of rotatable bonds is 4. The van der Waals surface area contributed by atoms with Gasteiger partial charge in [-0.3, -0.25) is 0 Å². The lowest BCUT2D eigenvalue weighted by Gasteiger charge is -2.14. The van der Waals surface area contributed by atoms with Gasteiger partial charge in [0, 0.05) is 12.5 Å². The second kappa shape index (κ2) is 5.26. The first-order valence-electron chi connectivity index (χ1n) is 5.00. The fourth-order valence-corrected chi connectivity index (χ4v) is 0.927. The summed E-state index contributed by atoms with van der Waals surface area (Å²) in [6.45, 7) is 6.59. The average molecular weight is 182 g/mol. The minimum absolute atomic E-state index is 0.171. The average Bonchev–Trinajstić information content (AvgIpc) is 2.82. The Bertz CT molecular complexity index is 196. The number of hydrogen-bond acceptors (Lipinski definition) is 2. The minimum Gasteiger partial charge on any atom is -0.342 e. The Morgan fingerprint density at radius 1 is 1.38 bits per heavy atom. The summed E-state index contributed by atoms with van der Waals surface area (Å²) in [5.74, 6) is 6.78. The zero-order valence-electron chi connectivity index (χ0n) is 8.67. The van der Waals surface area contributed by atoms with Gasteiger partial charge in [0.2, 0.25) is 6.29 Å². The van der Waals surface area contributed by atoms with Crippen molar-refractivity contribution in [3.63, 3.8) is 0 Å². The monoisotopic (exact) mass is 182 g/mol. The molecule has 0 bridgehead atoms. The van der Waals surface area contributed by atoms with Crippen LogP contribution in [0.3, 0.4) is 0 Å². The summed E-state index contributed by atoms with van der Waals surface area (Å²) >= 11 is 0. The van der Waals surface area contributed by atoms with Crippen LogP contribution in [0.25, 0.3) is 0 Å². The third-order valence-corrected chi connectivity index (χ3v) is 1.70. The quantitative estimate of drug-likeness (QED) is 0.490. The van der Waals surface area contributed by atoms with Crippen molar-refractivity contribution in [2.45, 2.75) is 46.0 Å².